The predicted octanol–water partition coefficient (Wildman–Crippen LogP) is 1.08. The van der Waals surface area contributed by atoms with Gasteiger partial charge in [-0.1, -0.05) is 30.3 Å². The van der Waals surface area contributed by atoms with Gasteiger partial charge in [0.05, 0.1) is 19.3 Å². The van der Waals surface area contributed by atoms with Crippen molar-refractivity contribution >= 4 is 10.0 Å². The topological polar surface area (TPSA) is 75.4 Å². The second-order valence-electron chi connectivity index (χ2n) is 5.43. The minimum absolute atomic E-state index is 0.0228. The summed E-state index contributed by atoms with van der Waals surface area (Å²) in [6.45, 7) is 0.491. The fourth-order valence-electron chi connectivity index (χ4n) is 2.43. The van der Waals surface area contributed by atoms with Gasteiger partial charge in [-0.25, -0.2) is 8.42 Å². The van der Waals surface area contributed by atoms with Gasteiger partial charge in [0, 0.05) is 18.8 Å². The number of aliphatic hydroxyl groups is 1. The van der Waals surface area contributed by atoms with Gasteiger partial charge in [-0.15, -0.1) is 0 Å². The van der Waals surface area contributed by atoms with Gasteiger partial charge in [0.2, 0.25) is 10.0 Å². The van der Waals surface area contributed by atoms with E-state index in [1.807, 2.05) is 30.3 Å². The van der Waals surface area contributed by atoms with E-state index in [1.165, 1.54) is 10.5 Å². The SMILES string of the molecule is O=S(=O)(c1cnn(Cc2ccccc2)c1)N(CCO)C1CC1. The standard InChI is InChI=1S/C15H19N3O3S/c19-9-8-18(14-6-7-14)22(20,21)15-10-16-17(12-15)11-13-4-2-1-3-5-13/h1-5,10,12,14,19H,6-9,11H2. The van der Waals surface area contributed by atoms with Crippen LogP contribution in [0.2, 0.25) is 0 Å². The zero-order valence-electron chi connectivity index (χ0n) is 12.2. The molecule has 2 aromatic rings. The van der Waals surface area contributed by atoms with Crippen LogP contribution in [-0.4, -0.2) is 46.8 Å². The number of aliphatic hydroxyl groups excluding tert-OH is 1. The quantitative estimate of drug-likeness (QED) is 0.828. The first kappa shape index (κ1) is 15.2. The maximum Gasteiger partial charge on any atom is 0.246 e. The molecule has 0 aliphatic heterocycles. The molecule has 1 aromatic carbocycles. The minimum Gasteiger partial charge on any atom is -0.395 e. The van der Waals surface area contributed by atoms with Crippen LogP contribution < -0.4 is 0 Å². The lowest BCUT2D eigenvalue weighted by Crippen LogP contribution is -2.35. The zero-order chi connectivity index (χ0) is 15.6. The first-order chi connectivity index (χ1) is 10.6. The molecule has 0 spiro atoms. The van der Waals surface area contributed by atoms with Crippen LogP contribution in [-0.2, 0) is 16.6 Å². The van der Waals surface area contributed by atoms with E-state index in [1.54, 1.807) is 10.9 Å². The molecule has 1 saturated carbocycles. The van der Waals surface area contributed by atoms with Crippen molar-refractivity contribution in [1.29, 1.82) is 0 Å². The Hall–Kier alpha value is -1.70. The molecule has 0 atom stereocenters. The van der Waals surface area contributed by atoms with E-state index in [9.17, 15) is 8.42 Å². The highest BCUT2D eigenvalue weighted by molar-refractivity contribution is 7.89. The van der Waals surface area contributed by atoms with Gasteiger partial charge in [0.1, 0.15) is 4.90 Å². The summed E-state index contributed by atoms with van der Waals surface area (Å²) in [5.74, 6) is 0. The summed E-state index contributed by atoms with van der Waals surface area (Å²) in [5, 5.41) is 13.2. The zero-order valence-corrected chi connectivity index (χ0v) is 13.0. The maximum atomic E-state index is 12.6. The molecule has 1 aliphatic rings. The molecule has 0 amide bonds. The maximum absolute atomic E-state index is 12.6. The number of rotatable bonds is 7. The fraction of sp³-hybridized carbons (Fsp3) is 0.400. The molecule has 1 fully saturated rings. The third-order valence-corrected chi connectivity index (χ3v) is 5.58. The Morgan fingerprint density at radius 2 is 2.00 bits per heavy atom. The number of sulfonamides is 1. The Morgan fingerprint density at radius 1 is 1.27 bits per heavy atom. The van der Waals surface area contributed by atoms with Crippen LogP contribution in [0.3, 0.4) is 0 Å². The van der Waals surface area contributed by atoms with Crippen LogP contribution in [0.4, 0.5) is 0 Å². The van der Waals surface area contributed by atoms with Crippen LogP contribution >= 0.6 is 0 Å². The van der Waals surface area contributed by atoms with Gasteiger partial charge < -0.3 is 5.11 Å². The van der Waals surface area contributed by atoms with Gasteiger partial charge in [-0.3, -0.25) is 4.68 Å². The van der Waals surface area contributed by atoms with Crippen molar-refractivity contribution < 1.29 is 13.5 Å². The lowest BCUT2D eigenvalue weighted by atomic mass is 10.2. The van der Waals surface area contributed by atoms with Crippen molar-refractivity contribution in [2.75, 3.05) is 13.2 Å². The Balaban J connectivity index is 1.80. The second-order valence-corrected chi connectivity index (χ2v) is 7.32. The summed E-state index contributed by atoms with van der Waals surface area (Å²) in [6, 6.07) is 9.77. The van der Waals surface area contributed by atoms with Gasteiger partial charge in [-0.05, 0) is 18.4 Å². The normalized spacial score (nSPS) is 15.4. The first-order valence-corrected chi connectivity index (χ1v) is 8.74. The lowest BCUT2D eigenvalue weighted by molar-refractivity contribution is 0.250. The summed E-state index contributed by atoms with van der Waals surface area (Å²) >= 11 is 0. The highest BCUT2D eigenvalue weighted by atomic mass is 32.2. The monoisotopic (exact) mass is 321 g/mol. The number of hydrogen-bond acceptors (Lipinski definition) is 4. The average Bonchev–Trinajstić information content (AvgIpc) is 3.24. The van der Waals surface area contributed by atoms with E-state index in [0.717, 1.165) is 18.4 Å². The van der Waals surface area contributed by atoms with Crippen LogP contribution in [0.1, 0.15) is 18.4 Å². The molecule has 118 valence electrons. The Kier molecular flexibility index (Phi) is 4.28. The summed E-state index contributed by atoms with van der Waals surface area (Å²) in [4.78, 5) is 0.184. The van der Waals surface area contributed by atoms with E-state index >= 15 is 0 Å². The van der Waals surface area contributed by atoms with Crippen molar-refractivity contribution in [2.45, 2.75) is 30.3 Å². The number of hydrogen-bond donors (Lipinski definition) is 1. The molecule has 0 bridgehead atoms. The predicted molar refractivity (Wildman–Crippen MR) is 81.8 cm³/mol. The molecule has 7 heteroatoms. The molecule has 1 aliphatic carbocycles. The molecular formula is C15H19N3O3S. The molecule has 3 rings (SSSR count). The van der Waals surface area contributed by atoms with Crippen LogP contribution in [0.25, 0.3) is 0 Å². The van der Waals surface area contributed by atoms with Gasteiger partial charge in [0.25, 0.3) is 0 Å². The Labute approximate surface area is 130 Å². The molecule has 0 radical (unpaired) electrons. The van der Waals surface area contributed by atoms with Gasteiger partial charge >= 0.3 is 0 Å². The van der Waals surface area contributed by atoms with Crippen molar-refractivity contribution in [2.24, 2.45) is 0 Å². The summed E-state index contributed by atoms with van der Waals surface area (Å²) < 4.78 is 28.3. The average molecular weight is 321 g/mol. The molecular weight excluding hydrogens is 302 g/mol. The second kappa shape index (κ2) is 6.20. The molecule has 6 nitrogen and oxygen atoms in total. The van der Waals surface area contributed by atoms with Crippen molar-refractivity contribution in [3.63, 3.8) is 0 Å². The smallest absolute Gasteiger partial charge is 0.246 e. The van der Waals surface area contributed by atoms with E-state index < -0.39 is 10.0 Å². The van der Waals surface area contributed by atoms with Gasteiger partial charge in [0.15, 0.2) is 0 Å². The Morgan fingerprint density at radius 3 is 2.64 bits per heavy atom. The molecule has 1 aromatic heterocycles. The highest BCUT2D eigenvalue weighted by Crippen LogP contribution is 2.31. The van der Waals surface area contributed by atoms with E-state index in [2.05, 4.69) is 5.10 Å². The largest absolute Gasteiger partial charge is 0.395 e. The molecule has 0 saturated heterocycles. The van der Waals surface area contributed by atoms with Crippen molar-refractivity contribution in [3.8, 4) is 0 Å². The number of benzene rings is 1. The summed E-state index contributed by atoms with van der Waals surface area (Å²) in [6.07, 6.45) is 4.65. The third-order valence-electron chi connectivity index (χ3n) is 3.68. The summed E-state index contributed by atoms with van der Waals surface area (Å²) in [7, 11) is -3.58. The van der Waals surface area contributed by atoms with E-state index in [4.69, 9.17) is 5.11 Å². The molecule has 1 N–H and O–H groups in total. The van der Waals surface area contributed by atoms with Crippen molar-refractivity contribution in [1.82, 2.24) is 14.1 Å². The first-order valence-electron chi connectivity index (χ1n) is 7.30. The molecule has 0 unspecified atom stereocenters. The van der Waals surface area contributed by atoms with Crippen LogP contribution in [0.15, 0.2) is 47.6 Å². The molecule has 1 heterocycles. The third kappa shape index (κ3) is 3.21. The lowest BCUT2D eigenvalue weighted by Gasteiger charge is -2.19. The van der Waals surface area contributed by atoms with Crippen LogP contribution in [0, 0.1) is 0 Å². The van der Waals surface area contributed by atoms with Crippen molar-refractivity contribution in [3.05, 3.63) is 48.3 Å². The number of aromatic nitrogens is 2. The van der Waals surface area contributed by atoms with Gasteiger partial charge in [-0.2, -0.15) is 9.40 Å². The Bertz CT molecular complexity index is 724. The molecule has 22 heavy (non-hydrogen) atoms. The van der Waals surface area contributed by atoms with Crippen LogP contribution in [0.5, 0.6) is 0 Å². The van der Waals surface area contributed by atoms with E-state index in [0.29, 0.717) is 6.54 Å². The minimum atomic E-state index is -3.58. The number of nitrogens with zero attached hydrogens (tertiary/aromatic N) is 3. The summed E-state index contributed by atoms with van der Waals surface area (Å²) in [5.41, 5.74) is 1.06. The highest BCUT2D eigenvalue weighted by Gasteiger charge is 2.38. The fourth-order valence-corrected chi connectivity index (χ4v) is 4.06. The van der Waals surface area contributed by atoms with E-state index in [-0.39, 0.29) is 24.1 Å².